The predicted molar refractivity (Wildman–Crippen MR) is 61.3 cm³/mol. The number of ether oxygens (including phenoxy) is 1. The van der Waals surface area contributed by atoms with Crippen LogP contribution in [0.5, 0.6) is 5.75 Å². The van der Waals surface area contributed by atoms with E-state index in [1.807, 2.05) is 0 Å². The lowest BCUT2D eigenvalue weighted by atomic mass is 10.3. The van der Waals surface area contributed by atoms with Gasteiger partial charge in [-0.05, 0) is 31.0 Å². The van der Waals surface area contributed by atoms with Gasteiger partial charge in [-0.1, -0.05) is 11.6 Å². The van der Waals surface area contributed by atoms with Crippen molar-refractivity contribution in [2.75, 3.05) is 7.11 Å². The highest BCUT2D eigenvalue weighted by molar-refractivity contribution is 7.89. The minimum absolute atomic E-state index is 0.0636. The molecule has 88 valence electrons. The maximum absolute atomic E-state index is 12.0. The molecule has 6 heteroatoms. The number of hydrogen-bond donors (Lipinski definition) is 1. The number of methoxy groups -OCH3 is 1. The summed E-state index contributed by atoms with van der Waals surface area (Å²) in [6.07, 6.45) is 1.78. The van der Waals surface area contributed by atoms with Crippen LogP contribution in [0.4, 0.5) is 0 Å². The van der Waals surface area contributed by atoms with Crippen LogP contribution in [0.2, 0.25) is 5.02 Å². The molecule has 0 amide bonds. The Bertz CT molecular complexity index is 497. The van der Waals surface area contributed by atoms with E-state index in [1.165, 1.54) is 13.2 Å². The SMILES string of the molecule is COc1ccc(Cl)cc1S(=O)(=O)NC1CC1. The van der Waals surface area contributed by atoms with E-state index in [2.05, 4.69) is 4.72 Å². The van der Waals surface area contributed by atoms with E-state index in [4.69, 9.17) is 16.3 Å². The van der Waals surface area contributed by atoms with Crippen LogP contribution in [0.25, 0.3) is 0 Å². The summed E-state index contributed by atoms with van der Waals surface area (Å²) in [6.45, 7) is 0. The van der Waals surface area contributed by atoms with Crippen LogP contribution in [0.15, 0.2) is 23.1 Å². The third-order valence-electron chi connectivity index (χ3n) is 2.31. The molecule has 0 atom stereocenters. The van der Waals surface area contributed by atoms with Gasteiger partial charge in [-0.3, -0.25) is 0 Å². The van der Waals surface area contributed by atoms with E-state index in [1.54, 1.807) is 12.1 Å². The average Bonchev–Trinajstić information content (AvgIpc) is 3.01. The third kappa shape index (κ3) is 2.48. The molecule has 1 aromatic carbocycles. The second-order valence-electron chi connectivity index (χ2n) is 3.69. The molecule has 0 aliphatic heterocycles. The Kier molecular flexibility index (Phi) is 3.10. The van der Waals surface area contributed by atoms with Crippen molar-refractivity contribution in [3.63, 3.8) is 0 Å². The maximum Gasteiger partial charge on any atom is 0.244 e. The highest BCUT2D eigenvalue weighted by Gasteiger charge is 2.29. The summed E-state index contributed by atoms with van der Waals surface area (Å²) in [5, 5.41) is 0.372. The molecular weight excluding hydrogens is 250 g/mol. The van der Waals surface area contributed by atoms with Gasteiger partial charge in [0.15, 0.2) is 0 Å². The first-order valence-corrected chi connectivity index (χ1v) is 6.75. The predicted octanol–water partition coefficient (Wildman–Crippen LogP) is 1.79. The largest absolute Gasteiger partial charge is 0.495 e. The molecule has 16 heavy (non-hydrogen) atoms. The number of sulfonamides is 1. The number of benzene rings is 1. The summed E-state index contributed by atoms with van der Waals surface area (Å²) in [6, 6.07) is 4.60. The number of hydrogen-bond acceptors (Lipinski definition) is 3. The lowest BCUT2D eigenvalue weighted by Crippen LogP contribution is -2.26. The van der Waals surface area contributed by atoms with Gasteiger partial charge in [-0.25, -0.2) is 13.1 Å². The Hall–Kier alpha value is -0.780. The molecule has 1 saturated carbocycles. The highest BCUT2D eigenvalue weighted by atomic mass is 35.5. The van der Waals surface area contributed by atoms with Gasteiger partial charge in [0, 0.05) is 11.1 Å². The lowest BCUT2D eigenvalue weighted by Gasteiger charge is -2.10. The van der Waals surface area contributed by atoms with E-state index in [0.717, 1.165) is 12.8 Å². The molecule has 2 rings (SSSR count). The van der Waals surface area contributed by atoms with Gasteiger partial charge in [-0.2, -0.15) is 0 Å². The Morgan fingerprint density at radius 2 is 2.12 bits per heavy atom. The van der Waals surface area contributed by atoms with Crippen molar-refractivity contribution in [1.29, 1.82) is 0 Å². The molecule has 1 fully saturated rings. The fourth-order valence-corrected chi connectivity index (χ4v) is 3.08. The van der Waals surface area contributed by atoms with Crippen molar-refractivity contribution >= 4 is 21.6 Å². The number of rotatable bonds is 4. The average molecular weight is 262 g/mol. The molecule has 1 aliphatic carbocycles. The third-order valence-corrected chi connectivity index (χ3v) is 4.09. The van der Waals surface area contributed by atoms with Crippen molar-refractivity contribution in [3.8, 4) is 5.75 Å². The Balaban J connectivity index is 2.40. The first kappa shape index (κ1) is 11.7. The highest BCUT2D eigenvalue weighted by Crippen LogP contribution is 2.29. The zero-order valence-corrected chi connectivity index (χ0v) is 10.3. The molecule has 1 aliphatic rings. The molecule has 0 saturated heterocycles. The van der Waals surface area contributed by atoms with Gasteiger partial charge in [0.2, 0.25) is 10.0 Å². The van der Waals surface area contributed by atoms with Crippen LogP contribution in [0.1, 0.15) is 12.8 Å². The van der Waals surface area contributed by atoms with E-state index in [9.17, 15) is 8.42 Å². The van der Waals surface area contributed by atoms with Crippen LogP contribution in [-0.2, 0) is 10.0 Å². The minimum Gasteiger partial charge on any atom is -0.495 e. The van der Waals surface area contributed by atoms with Crippen LogP contribution >= 0.6 is 11.6 Å². The molecule has 1 N–H and O–H groups in total. The Labute approximate surface area is 99.6 Å². The van der Waals surface area contributed by atoms with Crippen molar-refractivity contribution in [2.45, 2.75) is 23.8 Å². The second kappa shape index (κ2) is 4.24. The Morgan fingerprint density at radius 3 is 2.69 bits per heavy atom. The zero-order chi connectivity index (χ0) is 11.8. The first-order chi connectivity index (χ1) is 7.53. The topological polar surface area (TPSA) is 55.4 Å². The number of halogens is 1. The van der Waals surface area contributed by atoms with Gasteiger partial charge in [0.1, 0.15) is 10.6 Å². The van der Waals surface area contributed by atoms with Gasteiger partial charge < -0.3 is 4.74 Å². The summed E-state index contributed by atoms with van der Waals surface area (Å²) in [4.78, 5) is 0.0920. The Morgan fingerprint density at radius 1 is 1.44 bits per heavy atom. The van der Waals surface area contributed by atoms with Crippen molar-refractivity contribution < 1.29 is 13.2 Å². The normalized spacial score (nSPS) is 16.1. The second-order valence-corrected chi connectivity index (χ2v) is 5.81. The molecule has 4 nitrogen and oxygen atoms in total. The quantitative estimate of drug-likeness (QED) is 0.899. The van der Waals surface area contributed by atoms with Crippen molar-refractivity contribution in [2.24, 2.45) is 0 Å². The smallest absolute Gasteiger partial charge is 0.244 e. The molecule has 1 aromatic rings. The van der Waals surface area contributed by atoms with Crippen LogP contribution < -0.4 is 9.46 Å². The van der Waals surface area contributed by atoms with E-state index in [0.29, 0.717) is 10.8 Å². The molecule has 0 aromatic heterocycles. The summed E-state index contributed by atoms with van der Waals surface area (Å²) in [5.41, 5.74) is 0. The van der Waals surface area contributed by atoms with Gasteiger partial charge in [0.05, 0.1) is 7.11 Å². The van der Waals surface area contributed by atoms with Crippen molar-refractivity contribution in [1.82, 2.24) is 4.72 Å². The zero-order valence-electron chi connectivity index (χ0n) is 8.73. The van der Waals surface area contributed by atoms with Crippen molar-refractivity contribution in [3.05, 3.63) is 23.2 Å². The molecule has 0 spiro atoms. The summed E-state index contributed by atoms with van der Waals surface area (Å²) in [5.74, 6) is 0.303. The first-order valence-electron chi connectivity index (χ1n) is 4.89. The van der Waals surface area contributed by atoms with Gasteiger partial charge >= 0.3 is 0 Å². The minimum atomic E-state index is -3.52. The molecule has 0 radical (unpaired) electrons. The van der Waals surface area contributed by atoms with Gasteiger partial charge in [0.25, 0.3) is 0 Å². The van der Waals surface area contributed by atoms with E-state index in [-0.39, 0.29) is 10.9 Å². The fourth-order valence-electron chi connectivity index (χ4n) is 1.34. The summed E-state index contributed by atoms with van der Waals surface area (Å²) >= 11 is 5.78. The monoisotopic (exact) mass is 261 g/mol. The van der Waals surface area contributed by atoms with Gasteiger partial charge in [-0.15, -0.1) is 0 Å². The molecule has 0 heterocycles. The lowest BCUT2D eigenvalue weighted by molar-refractivity contribution is 0.402. The molecule has 0 unspecified atom stereocenters. The molecular formula is C10H12ClNO3S. The maximum atomic E-state index is 12.0. The summed E-state index contributed by atoms with van der Waals surface area (Å²) < 4.78 is 31.5. The van der Waals surface area contributed by atoms with E-state index >= 15 is 0 Å². The standard InChI is InChI=1S/C10H12ClNO3S/c1-15-9-5-2-7(11)6-10(9)16(13,14)12-8-3-4-8/h2,5-6,8,12H,3-4H2,1H3. The summed E-state index contributed by atoms with van der Waals surface area (Å²) in [7, 11) is -2.09. The number of nitrogens with one attached hydrogen (secondary N) is 1. The van der Waals surface area contributed by atoms with Crippen LogP contribution in [-0.4, -0.2) is 21.6 Å². The van der Waals surface area contributed by atoms with Crippen LogP contribution in [0, 0.1) is 0 Å². The molecule has 0 bridgehead atoms. The fraction of sp³-hybridized carbons (Fsp3) is 0.400. The van der Waals surface area contributed by atoms with Crippen LogP contribution in [0.3, 0.4) is 0 Å². The van der Waals surface area contributed by atoms with E-state index < -0.39 is 10.0 Å².